The lowest BCUT2D eigenvalue weighted by Crippen LogP contribution is -2.47. The van der Waals surface area contributed by atoms with E-state index in [9.17, 15) is 9.59 Å². The van der Waals surface area contributed by atoms with Crippen molar-refractivity contribution >= 4 is 46.1 Å². The molecular weight excluding hydrogens is 508 g/mol. The molecule has 0 radical (unpaired) electrons. The molecule has 3 aliphatic rings. The Labute approximate surface area is 226 Å². The molecule has 1 amide bonds. The van der Waals surface area contributed by atoms with Crippen molar-refractivity contribution in [1.29, 1.82) is 0 Å². The predicted molar refractivity (Wildman–Crippen MR) is 148 cm³/mol. The van der Waals surface area contributed by atoms with Crippen LogP contribution in [0.2, 0.25) is 5.02 Å². The molecule has 192 valence electrons. The lowest BCUT2D eigenvalue weighted by molar-refractivity contribution is -0.139. The van der Waals surface area contributed by atoms with Gasteiger partial charge < -0.3 is 19.4 Å². The van der Waals surface area contributed by atoms with E-state index in [4.69, 9.17) is 21.3 Å². The number of halogens is 1. The number of carbonyl (C=O) groups is 2. The summed E-state index contributed by atoms with van der Waals surface area (Å²) in [6.45, 7) is 5.16. The van der Waals surface area contributed by atoms with Gasteiger partial charge in [0.15, 0.2) is 5.17 Å². The molecule has 0 saturated carbocycles. The van der Waals surface area contributed by atoms with Crippen molar-refractivity contribution in [3.63, 3.8) is 0 Å². The number of hydrogen-bond donors (Lipinski definition) is 0. The lowest BCUT2D eigenvalue weighted by atomic mass is 9.91. The van der Waals surface area contributed by atoms with Crippen LogP contribution in [0.1, 0.15) is 30.5 Å². The molecule has 3 aliphatic heterocycles. The second-order valence-corrected chi connectivity index (χ2v) is 10.4. The van der Waals surface area contributed by atoms with Crippen LogP contribution in [0.3, 0.4) is 0 Å². The highest BCUT2D eigenvalue weighted by Crippen LogP contribution is 2.47. The van der Waals surface area contributed by atoms with E-state index in [-0.39, 0.29) is 18.9 Å². The molecule has 0 N–H and O–H groups in total. The maximum Gasteiger partial charge on any atom is 0.338 e. The number of aliphatic imine (C=N–C) groups is 1. The van der Waals surface area contributed by atoms with Gasteiger partial charge in [-0.15, -0.1) is 0 Å². The molecule has 9 heteroatoms. The number of piperazine rings is 1. The summed E-state index contributed by atoms with van der Waals surface area (Å²) >= 11 is 7.88. The summed E-state index contributed by atoms with van der Waals surface area (Å²) < 4.78 is 5.55. The number of amides is 1. The van der Waals surface area contributed by atoms with E-state index in [0.29, 0.717) is 29.4 Å². The SMILES string of the molecule is CCOC(=O)C1=C(c2ccccc2)N=C2SC=C(CC(=O)N3CCN(C)CC3)N2[C@@H]1c1cccc(Cl)c1. The Bertz CT molecular complexity index is 1290. The van der Waals surface area contributed by atoms with Gasteiger partial charge in [-0.3, -0.25) is 4.79 Å². The molecule has 5 rings (SSSR count). The molecule has 2 aromatic carbocycles. The molecule has 3 heterocycles. The van der Waals surface area contributed by atoms with E-state index in [0.717, 1.165) is 35.1 Å². The lowest BCUT2D eigenvalue weighted by Gasteiger charge is -2.38. The molecule has 1 saturated heterocycles. The fourth-order valence-corrected chi connectivity index (χ4v) is 5.92. The Hall–Kier alpha value is -3.07. The van der Waals surface area contributed by atoms with E-state index in [1.165, 1.54) is 11.8 Å². The van der Waals surface area contributed by atoms with Gasteiger partial charge in [0.05, 0.1) is 30.3 Å². The topological polar surface area (TPSA) is 65.5 Å². The minimum Gasteiger partial charge on any atom is -0.463 e. The van der Waals surface area contributed by atoms with Crippen molar-refractivity contribution in [3.05, 3.63) is 87.4 Å². The first-order valence-electron chi connectivity index (χ1n) is 12.4. The molecule has 0 spiro atoms. The van der Waals surface area contributed by atoms with Crippen LogP contribution in [0.15, 0.2) is 76.3 Å². The zero-order chi connectivity index (χ0) is 25.9. The largest absolute Gasteiger partial charge is 0.463 e. The van der Waals surface area contributed by atoms with E-state index in [1.807, 2.05) is 63.7 Å². The zero-order valence-electron chi connectivity index (χ0n) is 20.9. The number of amidine groups is 1. The molecule has 7 nitrogen and oxygen atoms in total. The summed E-state index contributed by atoms with van der Waals surface area (Å²) in [7, 11) is 2.07. The number of ether oxygens (including phenoxy) is 1. The van der Waals surface area contributed by atoms with Gasteiger partial charge in [0.25, 0.3) is 0 Å². The second kappa shape index (κ2) is 11.1. The molecule has 0 aliphatic carbocycles. The number of rotatable bonds is 6. The van der Waals surface area contributed by atoms with Gasteiger partial charge in [-0.05, 0) is 37.1 Å². The van der Waals surface area contributed by atoms with E-state index < -0.39 is 12.0 Å². The average molecular weight is 537 g/mol. The summed E-state index contributed by atoms with van der Waals surface area (Å²) in [6, 6.07) is 16.6. The Morgan fingerprint density at radius 1 is 1.08 bits per heavy atom. The minimum atomic E-state index is -0.540. The number of likely N-dealkylation sites (N-methyl/N-ethyl adjacent to an activating group) is 1. The summed E-state index contributed by atoms with van der Waals surface area (Å²) in [5.74, 6) is -0.364. The molecule has 37 heavy (non-hydrogen) atoms. The van der Waals surface area contributed by atoms with Crippen LogP contribution in [-0.4, -0.2) is 71.6 Å². The summed E-state index contributed by atoms with van der Waals surface area (Å²) in [5, 5.41) is 3.26. The third kappa shape index (κ3) is 5.32. The number of thioether (sulfide) groups is 1. The van der Waals surface area contributed by atoms with Crippen LogP contribution in [0, 0.1) is 0 Å². The number of fused-ring (bicyclic) bond motifs is 1. The van der Waals surface area contributed by atoms with Gasteiger partial charge in [0, 0.05) is 42.5 Å². The summed E-state index contributed by atoms with van der Waals surface area (Å²) in [5.41, 5.74) is 3.47. The Morgan fingerprint density at radius 3 is 2.54 bits per heavy atom. The van der Waals surface area contributed by atoms with Crippen LogP contribution in [0.5, 0.6) is 0 Å². The van der Waals surface area contributed by atoms with Gasteiger partial charge >= 0.3 is 5.97 Å². The highest BCUT2D eigenvalue weighted by molar-refractivity contribution is 8.16. The fourth-order valence-electron chi connectivity index (χ4n) is 4.80. The van der Waals surface area contributed by atoms with Crippen LogP contribution >= 0.6 is 23.4 Å². The van der Waals surface area contributed by atoms with Gasteiger partial charge in [-0.25, -0.2) is 9.79 Å². The maximum absolute atomic E-state index is 13.5. The molecular formula is C28H29ClN4O3S. The smallest absolute Gasteiger partial charge is 0.338 e. The number of carbonyl (C=O) groups excluding carboxylic acids is 2. The summed E-state index contributed by atoms with van der Waals surface area (Å²) in [6.07, 6.45) is 0.226. The minimum absolute atomic E-state index is 0.0709. The molecule has 1 fully saturated rings. The van der Waals surface area contributed by atoms with Crippen molar-refractivity contribution in [1.82, 2.24) is 14.7 Å². The van der Waals surface area contributed by atoms with Crippen molar-refractivity contribution < 1.29 is 14.3 Å². The first kappa shape index (κ1) is 25.6. The quantitative estimate of drug-likeness (QED) is 0.495. The number of nitrogens with zero attached hydrogens (tertiary/aromatic N) is 4. The second-order valence-electron chi connectivity index (χ2n) is 9.16. The van der Waals surface area contributed by atoms with Crippen molar-refractivity contribution in [2.45, 2.75) is 19.4 Å². The van der Waals surface area contributed by atoms with Crippen LogP contribution in [0.4, 0.5) is 0 Å². The van der Waals surface area contributed by atoms with Gasteiger partial charge in [0.2, 0.25) is 5.91 Å². The van der Waals surface area contributed by atoms with Crippen molar-refractivity contribution in [2.75, 3.05) is 39.8 Å². The van der Waals surface area contributed by atoms with E-state index >= 15 is 0 Å². The fraction of sp³-hybridized carbons (Fsp3) is 0.321. The average Bonchev–Trinajstić information content (AvgIpc) is 3.30. The first-order chi connectivity index (χ1) is 18.0. The van der Waals surface area contributed by atoms with Gasteiger partial charge in [0.1, 0.15) is 0 Å². The molecule has 2 aromatic rings. The van der Waals surface area contributed by atoms with Crippen molar-refractivity contribution in [2.24, 2.45) is 4.99 Å². The van der Waals surface area contributed by atoms with Gasteiger partial charge in [-0.2, -0.15) is 0 Å². The van der Waals surface area contributed by atoms with Crippen LogP contribution in [0.25, 0.3) is 5.70 Å². The third-order valence-electron chi connectivity index (χ3n) is 6.71. The van der Waals surface area contributed by atoms with E-state index in [2.05, 4.69) is 11.9 Å². The Morgan fingerprint density at radius 2 is 1.84 bits per heavy atom. The molecule has 0 aromatic heterocycles. The maximum atomic E-state index is 13.5. The molecule has 1 atom stereocenters. The van der Waals surface area contributed by atoms with Crippen molar-refractivity contribution in [3.8, 4) is 0 Å². The normalized spacial score (nSPS) is 19.9. The first-order valence-corrected chi connectivity index (χ1v) is 13.6. The summed E-state index contributed by atoms with van der Waals surface area (Å²) in [4.78, 5) is 37.9. The number of benzene rings is 2. The number of esters is 1. The number of hydrogen-bond acceptors (Lipinski definition) is 7. The molecule has 0 bridgehead atoms. The Balaban J connectivity index is 1.58. The zero-order valence-corrected chi connectivity index (χ0v) is 22.5. The van der Waals surface area contributed by atoms with Gasteiger partial charge in [-0.1, -0.05) is 65.8 Å². The van der Waals surface area contributed by atoms with E-state index in [1.54, 1.807) is 13.0 Å². The standard InChI is InChI=1S/C28H29ClN4O3S/c1-3-36-27(35)24-25(19-8-5-4-6-9-19)30-28-33(26(24)20-10-7-11-21(29)16-20)22(18-37-28)17-23(34)32-14-12-31(2)13-15-32/h4-11,16,18,26H,3,12-15,17H2,1-2H3/t26-/m1/s1. The highest BCUT2D eigenvalue weighted by atomic mass is 35.5. The third-order valence-corrected chi connectivity index (χ3v) is 7.83. The Kier molecular flexibility index (Phi) is 7.69. The van der Waals surface area contributed by atoms with Crippen LogP contribution in [-0.2, 0) is 14.3 Å². The monoisotopic (exact) mass is 536 g/mol. The highest BCUT2D eigenvalue weighted by Gasteiger charge is 2.42. The molecule has 0 unspecified atom stereocenters. The van der Waals surface area contributed by atoms with Crippen LogP contribution < -0.4 is 0 Å². The predicted octanol–water partition coefficient (Wildman–Crippen LogP) is 4.78.